The highest BCUT2D eigenvalue weighted by atomic mass is 32.1. The number of phenolic OH excluding ortho intramolecular Hbond substituents is 1. The molecule has 0 bridgehead atoms. The maximum atomic E-state index is 13.5. The fourth-order valence-corrected chi connectivity index (χ4v) is 9.75. The number of hydrogen-bond acceptors (Lipinski definition) is 13. The molecular formula is C49H64F6N6O11S. The van der Waals surface area contributed by atoms with Gasteiger partial charge >= 0.3 is 24.3 Å². The van der Waals surface area contributed by atoms with Crippen LogP contribution in [0.1, 0.15) is 102 Å². The van der Waals surface area contributed by atoms with Gasteiger partial charge in [0, 0.05) is 56.6 Å². The van der Waals surface area contributed by atoms with Crippen molar-refractivity contribution < 1.29 is 79.8 Å². The molecule has 1 aliphatic carbocycles. The summed E-state index contributed by atoms with van der Waals surface area (Å²) in [4.78, 5) is 67.5. The molecule has 24 heteroatoms. The molecule has 1 aromatic heterocycles. The first-order valence-corrected chi connectivity index (χ1v) is 25.0. The van der Waals surface area contributed by atoms with Crippen LogP contribution in [0.4, 0.5) is 32.0 Å². The number of carboxylic acid groups (broad SMARTS) is 2. The van der Waals surface area contributed by atoms with Gasteiger partial charge in [-0.15, -0.1) is 11.3 Å². The first kappa shape index (κ1) is 58.3. The summed E-state index contributed by atoms with van der Waals surface area (Å²) in [5.41, 5.74) is 5.40. The van der Waals surface area contributed by atoms with E-state index in [9.17, 15) is 45.8 Å². The minimum Gasteiger partial charge on any atom is -0.506 e. The number of ether oxygens (including phenoxy) is 3. The Bertz CT molecular complexity index is 2330. The van der Waals surface area contributed by atoms with E-state index in [1.807, 2.05) is 16.3 Å². The van der Waals surface area contributed by atoms with Crippen LogP contribution >= 0.6 is 11.3 Å². The molecule has 2 saturated heterocycles. The van der Waals surface area contributed by atoms with Crippen molar-refractivity contribution in [3.05, 3.63) is 68.7 Å². The highest BCUT2D eigenvalue weighted by molar-refractivity contribution is 7.09. The number of aromatic nitrogens is 1. The number of thiazole rings is 1. The molecule has 1 saturated carbocycles. The number of carboxylic acids is 2. The largest absolute Gasteiger partial charge is 0.506 e. The number of amides is 3. The van der Waals surface area contributed by atoms with Gasteiger partial charge < -0.3 is 50.0 Å². The summed E-state index contributed by atoms with van der Waals surface area (Å²) in [5, 5.41) is 33.5. The van der Waals surface area contributed by atoms with Crippen molar-refractivity contribution in [1.29, 1.82) is 0 Å². The van der Waals surface area contributed by atoms with Gasteiger partial charge in [-0.25, -0.2) is 14.6 Å². The number of carbonyl (C=O) groups is 5. The lowest BCUT2D eigenvalue weighted by molar-refractivity contribution is -0.193. The summed E-state index contributed by atoms with van der Waals surface area (Å²) < 4.78 is 81.6. The maximum Gasteiger partial charge on any atom is 0.490 e. The van der Waals surface area contributed by atoms with Crippen molar-refractivity contribution in [2.24, 2.45) is 0 Å². The van der Waals surface area contributed by atoms with Crippen LogP contribution in [0.5, 0.6) is 11.5 Å². The second-order valence-electron chi connectivity index (χ2n) is 18.5. The Morgan fingerprint density at radius 3 is 2.23 bits per heavy atom. The van der Waals surface area contributed by atoms with E-state index in [0.29, 0.717) is 88.4 Å². The summed E-state index contributed by atoms with van der Waals surface area (Å²) in [6, 6.07) is 10.2. The van der Waals surface area contributed by atoms with Crippen LogP contribution in [0, 0.1) is 6.92 Å². The normalized spacial score (nSPS) is 16.9. The van der Waals surface area contributed by atoms with Gasteiger partial charge in [-0.2, -0.15) is 26.3 Å². The van der Waals surface area contributed by atoms with Gasteiger partial charge in [-0.3, -0.25) is 19.3 Å². The Morgan fingerprint density at radius 2 is 1.60 bits per heavy atom. The molecule has 2 aromatic carbocycles. The van der Waals surface area contributed by atoms with E-state index >= 15 is 0 Å². The average Bonchev–Trinajstić information content (AvgIpc) is 4.07. The van der Waals surface area contributed by atoms with Gasteiger partial charge in [0.15, 0.2) is 12.4 Å². The third kappa shape index (κ3) is 17.3. The van der Waals surface area contributed by atoms with E-state index < -0.39 is 24.3 Å². The Morgan fingerprint density at radius 1 is 0.945 bits per heavy atom. The lowest BCUT2D eigenvalue weighted by Gasteiger charge is -2.47. The molecule has 3 fully saturated rings. The van der Waals surface area contributed by atoms with Crippen LogP contribution < -0.4 is 15.4 Å². The second-order valence-corrected chi connectivity index (χ2v) is 19.4. The van der Waals surface area contributed by atoms with Gasteiger partial charge in [-0.05, 0) is 80.3 Å². The molecule has 4 heterocycles. The monoisotopic (exact) mass is 1060 g/mol. The Labute approximate surface area is 423 Å². The van der Waals surface area contributed by atoms with E-state index in [-0.39, 0.29) is 41.7 Å². The van der Waals surface area contributed by atoms with Crippen LogP contribution in [0.15, 0.2) is 35.7 Å². The van der Waals surface area contributed by atoms with Crippen molar-refractivity contribution in [2.75, 3.05) is 77.6 Å². The number of carbonyl (C=O) groups excluding carboxylic acids is 3. The zero-order valence-corrected chi connectivity index (χ0v) is 41.9. The van der Waals surface area contributed by atoms with Crippen molar-refractivity contribution in [3.63, 3.8) is 0 Å². The summed E-state index contributed by atoms with van der Waals surface area (Å²) in [7, 11) is 0. The number of piperidine rings is 1. The number of fused-ring (bicyclic) bond motifs is 1. The lowest BCUT2D eigenvalue weighted by atomic mass is 9.88. The number of morpholine rings is 1. The van der Waals surface area contributed by atoms with Crippen LogP contribution in [0.3, 0.4) is 0 Å². The number of aliphatic carboxylic acids is 2. The van der Waals surface area contributed by atoms with Gasteiger partial charge in [0.05, 0.1) is 43.4 Å². The topological polar surface area (TPSA) is 220 Å². The molecule has 1 spiro atoms. The molecule has 0 atom stereocenters. The van der Waals surface area contributed by atoms with E-state index in [0.717, 1.165) is 75.2 Å². The zero-order chi connectivity index (χ0) is 53.5. The van der Waals surface area contributed by atoms with Crippen LogP contribution in [-0.4, -0.2) is 161 Å². The van der Waals surface area contributed by atoms with Crippen LogP contribution in [0.25, 0.3) is 0 Å². The molecule has 0 unspecified atom stereocenters. The number of nitrogens with one attached hydrogen (secondary N) is 2. The minimum absolute atomic E-state index is 0.00504. The predicted molar refractivity (Wildman–Crippen MR) is 256 cm³/mol. The van der Waals surface area contributed by atoms with Crippen molar-refractivity contribution in [3.8, 4) is 11.5 Å². The van der Waals surface area contributed by atoms with E-state index in [2.05, 4.69) is 64.4 Å². The number of rotatable bonds is 17. The molecule has 3 aliphatic heterocycles. The van der Waals surface area contributed by atoms with Crippen LogP contribution in [0.2, 0.25) is 0 Å². The standard InChI is InChI=1S/C45H62N6O7S.2C2HF3O2/c1-31(2)43-47-37(29-59-43)44(55)50-23-26-58-45(30-50)16-20-49(21-17-45)27-35-8-6-7-33(32(35)3)14-24-56-25-15-40(54)51(36-9-4-5-10-36)22-19-46-18-13-34-11-12-38(52)41-42(34)57-28-39(53)48-41;2*3-2(4,5)1(6)7/h6-8,11-12,29,31,36,46,52H,4-5,9-10,13-28,30H2,1-3H3,(H,48,53);2*(H,6,7). The molecule has 7 rings (SSSR count). The third-order valence-electron chi connectivity index (χ3n) is 13.0. The Kier molecular flexibility index (Phi) is 21.2. The number of alkyl halides is 6. The van der Waals surface area contributed by atoms with Gasteiger partial charge in [-0.1, -0.05) is 51.0 Å². The van der Waals surface area contributed by atoms with Crippen molar-refractivity contribution >= 4 is 46.7 Å². The van der Waals surface area contributed by atoms with Gasteiger partial charge in [0.25, 0.3) is 11.8 Å². The second kappa shape index (κ2) is 26.6. The summed E-state index contributed by atoms with van der Waals surface area (Å²) in [5.74, 6) is -4.80. The quantitative estimate of drug-likeness (QED) is 0.0526. The van der Waals surface area contributed by atoms with E-state index in [1.54, 1.807) is 17.4 Å². The van der Waals surface area contributed by atoms with Crippen molar-refractivity contribution in [2.45, 2.75) is 115 Å². The number of nitrogens with zero attached hydrogens (tertiary/aromatic N) is 4. The first-order chi connectivity index (χ1) is 34.5. The van der Waals surface area contributed by atoms with Crippen molar-refractivity contribution in [1.82, 2.24) is 25.0 Å². The number of hydrogen-bond donors (Lipinski definition) is 5. The first-order valence-electron chi connectivity index (χ1n) is 24.1. The Hall–Kier alpha value is -5.56. The molecule has 17 nitrogen and oxygen atoms in total. The Balaban J connectivity index is 0.000000619. The highest BCUT2D eigenvalue weighted by Gasteiger charge is 2.42. The van der Waals surface area contributed by atoms with Crippen LogP contribution in [-0.2, 0) is 48.0 Å². The third-order valence-corrected chi connectivity index (χ3v) is 14.1. The summed E-state index contributed by atoms with van der Waals surface area (Å²) >= 11 is 1.57. The van der Waals surface area contributed by atoms with E-state index in [4.69, 9.17) is 34.0 Å². The number of likely N-dealkylation sites (tertiary alicyclic amines) is 1. The molecule has 73 heavy (non-hydrogen) atoms. The fourth-order valence-electron chi connectivity index (χ4n) is 8.94. The molecule has 3 aromatic rings. The highest BCUT2D eigenvalue weighted by Crippen LogP contribution is 2.39. The van der Waals surface area contributed by atoms with Gasteiger partial charge in [0.1, 0.15) is 17.1 Å². The fraction of sp³-hybridized carbons (Fsp3) is 0.592. The smallest absolute Gasteiger partial charge is 0.490 e. The molecule has 3 amide bonds. The van der Waals surface area contributed by atoms with E-state index in [1.165, 1.54) is 16.7 Å². The number of anilines is 1. The summed E-state index contributed by atoms with van der Waals surface area (Å²) in [6.07, 6.45) is -2.15. The lowest BCUT2D eigenvalue weighted by Crippen LogP contribution is -2.58. The van der Waals surface area contributed by atoms with Gasteiger partial charge in [0.2, 0.25) is 5.91 Å². The molecule has 0 radical (unpaired) electrons. The number of aromatic hydroxyl groups is 1. The average molecular weight is 1060 g/mol. The molecule has 5 N–H and O–H groups in total. The predicted octanol–water partition coefficient (Wildman–Crippen LogP) is 6.94. The minimum atomic E-state index is -5.08. The molecule has 4 aliphatic rings. The molecule has 404 valence electrons. The molecular weight excluding hydrogens is 995 g/mol. The number of benzene rings is 2. The zero-order valence-electron chi connectivity index (χ0n) is 41.0. The number of halogens is 6. The maximum absolute atomic E-state index is 13.5. The summed E-state index contributed by atoms with van der Waals surface area (Å²) in [6.45, 7) is 13.8. The number of phenols is 1. The SMILES string of the molecule is Cc1c(CCOCCC(=O)N(CCNCCc2ccc(O)c3c2OCC(=O)N3)C2CCCC2)cccc1CN1CCC2(CC1)CN(C(=O)c1csc(C(C)C)n1)CCO2.O=C(O)C(F)(F)F.O=C(O)C(F)(F)F.